The smallest absolute Gasteiger partial charge is 0.151 e. The minimum atomic E-state index is 0.236. The zero-order valence-corrected chi connectivity index (χ0v) is 11.1. The van der Waals surface area contributed by atoms with Crippen LogP contribution in [0, 0.1) is 0 Å². The SMILES string of the molecule is CC1OCCC1N(C)CC(=O)Cc1ccccc1. The van der Waals surface area contributed by atoms with E-state index in [4.69, 9.17) is 4.74 Å². The first-order valence-corrected chi connectivity index (χ1v) is 6.54. The highest BCUT2D eigenvalue weighted by atomic mass is 16.5. The van der Waals surface area contributed by atoms with Gasteiger partial charge in [-0.1, -0.05) is 30.3 Å². The Balaban J connectivity index is 1.84. The van der Waals surface area contributed by atoms with Gasteiger partial charge in [0, 0.05) is 19.1 Å². The van der Waals surface area contributed by atoms with Crippen LogP contribution < -0.4 is 0 Å². The molecule has 0 amide bonds. The molecule has 0 spiro atoms. The molecule has 2 atom stereocenters. The summed E-state index contributed by atoms with van der Waals surface area (Å²) >= 11 is 0. The Morgan fingerprint density at radius 3 is 2.72 bits per heavy atom. The fraction of sp³-hybridized carbons (Fsp3) is 0.533. The van der Waals surface area contributed by atoms with Crippen molar-refractivity contribution in [2.75, 3.05) is 20.2 Å². The molecular formula is C15H21NO2. The van der Waals surface area contributed by atoms with Crippen LogP contribution >= 0.6 is 0 Å². The summed E-state index contributed by atoms with van der Waals surface area (Å²) in [5.41, 5.74) is 1.09. The van der Waals surface area contributed by atoms with E-state index in [9.17, 15) is 4.79 Å². The number of hydrogen-bond acceptors (Lipinski definition) is 3. The minimum absolute atomic E-state index is 0.236. The topological polar surface area (TPSA) is 29.5 Å². The summed E-state index contributed by atoms with van der Waals surface area (Å²) < 4.78 is 5.53. The van der Waals surface area contributed by atoms with Crippen LogP contribution in [0.4, 0.5) is 0 Å². The first-order valence-electron chi connectivity index (χ1n) is 6.54. The summed E-state index contributed by atoms with van der Waals surface area (Å²) in [7, 11) is 2.01. The average Bonchev–Trinajstić information content (AvgIpc) is 2.76. The molecule has 1 heterocycles. The Hall–Kier alpha value is -1.19. The van der Waals surface area contributed by atoms with Crippen LogP contribution in [0.2, 0.25) is 0 Å². The lowest BCUT2D eigenvalue weighted by atomic mass is 10.1. The number of nitrogens with zero attached hydrogens (tertiary/aromatic N) is 1. The highest BCUT2D eigenvalue weighted by Gasteiger charge is 2.28. The molecule has 1 fully saturated rings. The van der Waals surface area contributed by atoms with Crippen LogP contribution in [0.3, 0.4) is 0 Å². The van der Waals surface area contributed by atoms with E-state index < -0.39 is 0 Å². The molecule has 1 aromatic rings. The monoisotopic (exact) mass is 247 g/mol. The fourth-order valence-electron chi connectivity index (χ4n) is 2.57. The highest BCUT2D eigenvalue weighted by molar-refractivity contribution is 5.82. The number of rotatable bonds is 5. The van der Waals surface area contributed by atoms with Gasteiger partial charge in [-0.25, -0.2) is 0 Å². The summed E-state index contributed by atoms with van der Waals surface area (Å²) in [6.07, 6.45) is 1.78. The normalized spacial score (nSPS) is 23.5. The summed E-state index contributed by atoms with van der Waals surface area (Å²) in [5.74, 6) is 0.266. The van der Waals surface area contributed by atoms with E-state index in [0.717, 1.165) is 18.6 Å². The predicted molar refractivity (Wildman–Crippen MR) is 71.6 cm³/mol. The molecule has 0 N–H and O–H groups in total. The third kappa shape index (κ3) is 3.40. The standard InChI is InChI=1S/C15H21NO2/c1-12-15(8-9-18-12)16(2)11-14(17)10-13-6-4-3-5-7-13/h3-7,12,15H,8-11H2,1-2H3. The second kappa shape index (κ2) is 6.12. The van der Waals surface area contributed by atoms with E-state index in [1.165, 1.54) is 0 Å². The molecule has 0 saturated carbocycles. The van der Waals surface area contributed by atoms with Crippen LogP contribution in [-0.2, 0) is 16.0 Å². The lowest BCUT2D eigenvalue weighted by Crippen LogP contribution is -2.40. The second-order valence-electron chi connectivity index (χ2n) is 5.05. The molecule has 1 aliphatic heterocycles. The first-order chi connectivity index (χ1) is 8.66. The van der Waals surface area contributed by atoms with Gasteiger partial charge in [-0.15, -0.1) is 0 Å². The van der Waals surface area contributed by atoms with Gasteiger partial charge in [0.25, 0.3) is 0 Å². The van der Waals surface area contributed by atoms with Crippen molar-refractivity contribution in [1.82, 2.24) is 4.90 Å². The highest BCUT2D eigenvalue weighted by Crippen LogP contribution is 2.18. The lowest BCUT2D eigenvalue weighted by molar-refractivity contribution is -0.119. The molecule has 0 radical (unpaired) electrons. The molecule has 1 aliphatic rings. The zero-order valence-electron chi connectivity index (χ0n) is 11.1. The molecule has 0 bridgehead atoms. The van der Waals surface area contributed by atoms with Gasteiger partial charge in [-0.2, -0.15) is 0 Å². The van der Waals surface area contributed by atoms with E-state index >= 15 is 0 Å². The molecule has 3 nitrogen and oxygen atoms in total. The Bertz CT molecular complexity index is 391. The third-order valence-electron chi connectivity index (χ3n) is 3.57. The van der Waals surface area contributed by atoms with Crippen LogP contribution in [0.1, 0.15) is 18.9 Å². The molecule has 0 aromatic heterocycles. The molecule has 98 valence electrons. The maximum absolute atomic E-state index is 12.0. The van der Waals surface area contributed by atoms with E-state index in [1.54, 1.807) is 0 Å². The largest absolute Gasteiger partial charge is 0.377 e. The van der Waals surface area contributed by atoms with Crippen molar-refractivity contribution in [2.24, 2.45) is 0 Å². The maximum Gasteiger partial charge on any atom is 0.151 e. The van der Waals surface area contributed by atoms with Gasteiger partial charge >= 0.3 is 0 Å². The van der Waals surface area contributed by atoms with E-state index in [0.29, 0.717) is 19.0 Å². The average molecular weight is 247 g/mol. The zero-order chi connectivity index (χ0) is 13.0. The maximum atomic E-state index is 12.0. The van der Waals surface area contributed by atoms with Crippen molar-refractivity contribution in [2.45, 2.75) is 31.9 Å². The third-order valence-corrected chi connectivity index (χ3v) is 3.57. The summed E-state index contributed by atoms with van der Waals surface area (Å²) in [5, 5.41) is 0. The molecule has 18 heavy (non-hydrogen) atoms. The number of ketones is 1. The number of carbonyl (C=O) groups is 1. The molecular weight excluding hydrogens is 226 g/mol. The molecule has 0 aliphatic carbocycles. The number of benzene rings is 1. The summed E-state index contributed by atoms with van der Waals surface area (Å²) in [6, 6.07) is 10.3. The van der Waals surface area contributed by atoms with Crippen molar-refractivity contribution in [3.05, 3.63) is 35.9 Å². The van der Waals surface area contributed by atoms with Crippen LogP contribution in [0.5, 0.6) is 0 Å². The predicted octanol–water partition coefficient (Wildman–Crippen LogP) is 1.91. The fourth-order valence-corrected chi connectivity index (χ4v) is 2.57. The molecule has 1 aromatic carbocycles. The van der Waals surface area contributed by atoms with Crippen LogP contribution in [0.15, 0.2) is 30.3 Å². The van der Waals surface area contributed by atoms with Gasteiger partial charge in [0.1, 0.15) is 0 Å². The molecule has 2 rings (SSSR count). The number of Topliss-reactive ketones (excluding diaryl/α,β-unsaturated/α-hetero) is 1. The van der Waals surface area contributed by atoms with Gasteiger partial charge in [0.15, 0.2) is 5.78 Å². The van der Waals surface area contributed by atoms with E-state index in [-0.39, 0.29) is 11.9 Å². The summed E-state index contributed by atoms with van der Waals surface area (Å²) in [4.78, 5) is 14.1. The van der Waals surface area contributed by atoms with Crippen molar-refractivity contribution in [3.8, 4) is 0 Å². The Labute approximate surface area is 109 Å². The van der Waals surface area contributed by atoms with Gasteiger partial charge < -0.3 is 4.74 Å². The van der Waals surface area contributed by atoms with Crippen molar-refractivity contribution < 1.29 is 9.53 Å². The van der Waals surface area contributed by atoms with Gasteiger partial charge in [0.05, 0.1) is 12.6 Å². The minimum Gasteiger partial charge on any atom is -0.377 e. The van der Waals surface area contributed by atoms with Crippen LogP contribution in [0.25, 0.3) is 0 Å². The number of hydrogen-bond donors (Lipinski definition) is 0. The molecule has 1 saturated heterocycles. The second-order valence-corrected chi connectivity index (χ2v) is 5.05. The Morgan fingerprint density at radius 1 is 1.39 bits per heavy atom. The molecule has 2 unspecified atom stereocenters. The number of ether oxygens (including phenoxy) is 1. The Morgan fingerprint density at radius 2 is 2.11 bits per heavy atom. The van der Waals surface area contributed by atoms with Gasteiger partial charge in [-0.05, 0) is 26.0 Å². The van der Waals surface area contributed by atoms with E-state index in [1.807, 2.05) is 37.4 Å². The van der Waals surface area contributed by atoms with Gasteiger partial charge in [0.2, 0.25) is 0 Å². The summed E-state index contributed by atoms with van der Waals surface area (Å²) in [6.45, 7) is 3.39. The Kier molecular flexibility index (Phi) is 4.50. The van der Waals surface area contributed by atoms with E-state index in [2.05, 4.69) is 11.8 Å². The van der Waals surface area contributed by atoms with Crippen LogP contribution in [-0.4, -0.2) is 43.0 Å². The van der Waals surface area contributed by atoms with Crippen molar-refractivity contribution >= 4 is 5.78 Å². The molecule has 3 heteroatoms. The first kappa shape index (κ1) is 13.2. The van der Waals surface area contributed by atoms with Gasteiger partial charge in [-0.3, -0.25) is 9.69 Å². The lowest BCUT2D eigenvalue weighted by Gasteiger charge is -2.25. The van der Waals surface area contributed by atoms with Crippen molar-refractivity contribution in [1.29, 1.82) is 0 Å². The van der Waals surface area contributed by atoms with Crippen molar-refractivity contribution in [3.63, 3.8) is 0 Å². The number of likely N-dealkylation sites (N-methyl/N-ethyl adjacent to an activating group) is 1. The number of carbonyl (C=O) groups excluding carboxylic acids is 1. The quantitative estimate of drug-likeness (QED) is 0.796.